The lowest BCUT2D eigenvalue weighted by Gasteiger charge is -2.07. The Hall–Kier alpha value is -1.83. The van der Waals surface area contributed by atoms with E-state index in [1.54, 1.807) is 6.07 Å². The number of ether oxygens (including phenoxy) is 1. The molecule has 0 aliphatic carbocycles. The molecule has 0 aliphatic rings. The van der Waals surface area contributed by atoms with Crippen molar-refractivity contribution in [1.82, 2.24) is 0 Å². The SMILES string of the molecule is CC.CCc1cccc(OCc2cccc(F)c2)c1. The molecule has 0 aliphatic heterocycles. The number of hydrogen-bond acceptors (Lipinski definition) is 1. The van der Waals surface area contributed by atoms with Gasteiger partial charge in [-0.2, -0.15) is 0 Å². The first-order valence-corrected chi connectivity index (χ1v) is 6.74. The molecular formula is C17H21FO. The second-order valence-corrected chi connectivity index (χ2v) is 3.92. The fourth-order valence-corrected chi connectivity index (χ4v) is 1.65. The molecule has 0 heterocycles. The van der Waals surface area contributed by atoms with Crippen molar-refractivity contribution in [2.24, 2.45) is 0 Å². The van der Waals surface area contributed by atoms with Gasteiger partial charge in [0.15, 0.2) is 0 Å². The van der Waals surface area contributed by atoms with Gasteiger partial charge in [0.1, 0.15) is 18.2 Å². The first kappa shape index (κ1) is 15.2. The summed E-state index contributed by atoms with van der Waals surface area (Å²) in [6.45, 7) is 6.50. The van der Waals surface area contributed by atoms with Crippen molar-refractivity contribution in [3.05, 3.63) is 65.5 Å². The van der Waals surface area contributed by atoms with Crippen molar-refractivity contribution in [3.63, 3.8) is 0 Å². The van der Waals surface area contributed by atoms with Gasteiger partial charge in [-0.3, -0.25) is 0 Å². The molecule has 0 N–H and O–H groups in total. The predicted molar refractivity (Wildman–Crippen MR) is 77.9 cm³/mol. The lowest BCUT2D eigenvalue weighted by Crippen LogP contribution is -1.96. The van der Waals surface area contributed by atoms with E-state index in [2.05, 4.69) is 13.0 Å². The molecule has 0 saturated carbocycles. The summed E-state index contributed by atoms with van der Waals surface area (Å²) in [5.41, 5.74) is 2.08. The lowest BCUT2D eigenvalue weighted by molar-refractivity contribution is 0.305. The van der Waals surface area contributed by atoms with E-state index in [0.717, 1.165) is 17.7 Å². The quantitative estimate of drug-likeness (QED) is 0.752. The van der Waals surface area contributed by atoms with Gasteiger partial charge in [-0.25, -0.2) is 4.39 Å². The van der Waals surface area contributed by atoms with Crippen LogP contribution in [-0.2, 0) is 13.0 Å². The molecule has 2 aromatic rings. The van der Waals surface area contributed by atoms with E-state index in [0.29, 0.717) is 6.61 Å². The molecule has 0 atom stereocenters. The maximum Gasteiger partial charge on any atom is 0.123 e. The zero-order valence-electron chi connectivity index (χ0n) is 11.8. The molecule has 0 saturated heterocycles. The van der Waals surface area contributed by atoms with Gasteiger partial charge in [0.05, 0.1) is 0 Å². The fourth-order valence-electron chi connectivity index (χ4n) is 1.65. The summed E-state index contributed by atoms with van der Waals surface area (Å²) in [7, 11) is 0. The third-order valence-corrected chi connectivity index (χ3v) is 2.60. The highest BCUT2D eigenvalue weighted by Crippen LogP contribution is 2.15. The van der Waals surface area contributed by atoms with Gasteiger partial charge in [-0.15, -0.1) is 0 Å². The van der Waals surface area contributed by atoms with Crippen molar-refractivity contribution in [2.75, 3.05) is 0 Å². The maximum atomic E-state index is 13.0. The van der Waals surface area contributed by atoms with E-state index in [1.165, 1.54) is 17.7 Å². The zero-order valence-corrected chi connectivity index (χ0v) is 11.8. The van der Waals surface area contributed by atoms with Crippen molar-refractivity contribution >= 4 is 0 Å². The Kier molecular flexibility index (Phi) is 6.65. The predicted octanol–water partition coefficient (Wildman–Crippen LogP) is 4.99. The van der Waals surface area contributed by atoms with E-state index >= 15 is 0 Å². The topological polar surface area (TPSA) is 9.23 Å². The van der Waals surface area contributed by atoms with Gasteiger partial charge >= 0.3 is 0 Å². The molecular weight excluding hydrogens is 239 g/mol. The Morgan fingerprint density at radius 2 is 1.63 bits per heavy atom. The minimum Gasteiger partial charge on any atom is -0.489 e. The van der Waals surface area contributed by atoms with Crippen LogP contribution in [0.3, 0.4) is 0 Å². The molecule has 0 bridgehead atoms. The highest BCUT2D eigenvalue weighted by molar-refractivity contribution is 5.28. The van der Waals surface area contributed by atoms with Gasteiger partial charge in [-0.1, -0.05) is 45.0 Å². The van der Waals surface area contributed by atoms with Crippen LogP contribution in [-0.4, -0.2) is 0 Å². The fraction of sp³-hybridized carbons (Fsp3) is 0.294. The van der Waals surface area contributed by atoms with Gasteiger partial charge in [0, 0.05) is 0 Å². The van der Waals surface area contributed by atoms with Gasteiger partial charge in [0.2, 0.25) is 0 Å². The summed E-state index contributed by atoms with van der Waals surface area (Å²) in [6.07, 6.45) is 0.983. The molecule has 2 aromatic carbocycles. The molecule has 0 aromatic heterocycles. The Morgan fingerprint density at radius 3 is 2.32 bits per heavy atom. The van der Waals surface area contributed by atoms with Crippen LogP contribution in [0.15, 0.2) is 48.5 Å². The summed E-state index contributed by atoms with van der Waals surface area (Å²) in [6, 6.07) is 14.4. The standard InChI is InChI=1S/C15H15FO.C2H6/c1-2-12-5-4-8-15(10-12)17-11-13-6-3-7-14(16)9-13;1-2/h3-10H,2,11H2,1H3;1-2H3. The van der Waals surface area contributed by atoms with Gasteiger partial charge in [-0.05, 0) is 41.8 Å². The Morgan fingerprint density at radius 1 is 0.947 bits per heavy atom. The maximum absolute atomic E-state index is 13.0. The smallest absolute Gasteiger partial charge is 0.123 e. The van der Waals surface area contributed by atoms with Crippen LogP contribution in [0, 0.1) is 5.82 Å². The zero-order chi connectivity index (χ0) is 14.1. The van der Waals surface area contributed by atoms with E-state index < -0.39 is 0 Å². The van der Waals surface area contributed by atoms with Crippen LogP contribution in [0.2, 0.25) is 0 Å². The van der Waals surface area contributed by atoms with E-state index in [9.17, 15) is 4.39 Å². The van der Waals surface area contributed by atoms with Crippen LogP contribution >= 0.6 is 0 Å². The van der Waals surface area contributed by atoms with Crippen LogP contribution in [0.25, 0.3) is 0 Å². The molecule has 102 valence electrons. The highest BCUT2D eigenvalue weighted by atomic mass is 19.1. The summed E-state index contributed by atoms with van der Waals surface area (Å²) < 4.78 is 18.6. The van der Waals surface area contributed by atoms with Crippen LogP contribution < -0.4 is 4.74 Å². The Labute approximate surface area is 115 Å². The Balaban J connectivity index is 0.000000861. The monoisotopic (exact) mass is 260 g/mol. The van der Waals surface area contributed by atoms with Crippen molar-refractivity contribution in [1.29, 1.82) is 0 Å². The first-order valence-electron chi connectivity index (χ1n) is 6.74. The number of rotatable bonds is 4. The average molecular weight is 260 g/mol. The van der Waals surface area contributed by atoms with Crippen molar-refractivity contribution < 1.29 is 9.13 Å². The molecule has 2 rings (SSSR count). The second kappa shape index (κ2) is 8.30. The highest BCUT2D eigenvalue weighted by Gasteiger charge is 1.98. The van der Waals surface area contributed by atoms with E-state index in [4.69, 9.17) is 4.74 Å². The van der Waals surface area contributed by atoms with Crippen LogP contribution in [0.5, 0.6) is 5.75 Å². The number of halogens is 1. The van der Waals surface area contributed by atoms with Crippen molar-refractivity contribution in [2.45, 2.75) is 33.8 Å². The van der Waals surface area contributed by atoms with E-state index in [-0.39, 0.29) is 5.82 Å². The summed E-state index contributed by atoms with van der Waals surface area (Å²) in [4.78, 5) is 0. The third-order valence-electron chi connectivity index (χ3n) is 2.60. The summed E-state index contributed by atoms with van der Waals surface area (Å²) in [5, 5.41) is 0. The largest absolute Gasteiger partial charge is 0.489 e. The molecule has 19 heavy (non-hydrogen) atoms. The molecule has 0 spiro atoms. The molecule has 2 heteroatoms. The van der Waals surface area contributed by atoms with Crippen molar-refractivity contribution in [3.8, 4) is 5.75 Å². The second-order valence-electron chi connectivity index (χ2n) is 3.92. The van der Waals surface area contributed by atoms with Crippen LogP contribution in [0.4, 0.5) is 4.39 Å². The van der Waals surface area contributed by atoms with E-state index in [1.807, 2.05) is 38.1 Å². The number of hydrogen-bond donors (Lipinski definition) is 0. The molecule has 0 radical (unpaired) electrons. The normalized spacial score (nSPS) is 9.47. The first-order chi connectivity index (χ1) is 9.28. The van der Waals surface area contributed by atoms with Gasteiger partial charge < -0.3 is 4.74 Å². The Bertz CT molecular complexity index is 494. The number of aryl methyl sites for hydroxylation is 1. The summed E-state index contributed by atoms with van der Waals surface area (Å²) >= 11 is 0. The molecule has 0 amide bonds. The number of benzene rings is 2. The van der Waals surface area contributed by atoms with Crippen LogP contribution in [0.1, 0.15) is 31.9 Å². The minimum absolute atomic E-state index is 0.228. The lowest BCUT2D eigenvalue weighted by atomic mass is 10.2. The average Bonchev–Trinajstić information content (AvgIpc) is 2.47. The third kappa shape index (κ3) is 5.12. The van der Waals surface area contributed by atoms with Gasteiger partial charge in [0.25, 0.3) is 0 Å². The minimum atomic E-state index is -0.228. The molecule has 1 nitrogen and oxygen atoms in total. The molecule has 0 fully saturated rings. The molecule has 0 unspecified atom stereocenters. The summed E-state index contributed by atoms with van der Waals surface area (Å²) in [5.74, 6) is 0.599.